The Morgan fingerprint density at radius 1 is 1.16 bits per heavy atom. The van der Waals surface area contributed by atoms with E-state index in [0.717, 1.165) is 24.8 Å². The average molecular weight is 520 g/mol. The normalized spacial score (nSPS) is 19.2. The number of aromatic amines is 1. The summed E-state index contributed by atoms with van der Waals surface area (Å²) in [5, 5.41) is 13.5. The summed E-state index contributed by atoms with van der Waals surface area (Å²) in [7, 11) is 1.60. The minimum absolute atomic E-state index is 0.0400. The second kappa shape index (κ2) is 10.5. The number of rotatable bonds is 7. The lowest BCUT2D eigenvalue weighted by Gasteiger charge is -2.39. The molecule has 1 N–H and O–H groups in total. The summed E-state index contributed by atoms with van der Waals surface area (Å²) < 4.78 is 27.4. The first-order valence-electron chi connectivity index (χ1n) is 12.9. The number of nitrogens with one attached hydrogen (secondary N) is 1. The van der Waals surface area contributed by atoms with E-state index in [1.54, 1.807) is 23.9 Å². The Labute approximate surface area is 219 Å². The number of tetrazole rings is 1. The second-order valence-corrected chi connectivity index (χ2v) is 9.74. The van der Waals surface area contributed by atoms with Gasteiger partial charge in [-0.25, -0.2) is 9.07 Å². The van der Waals surface area contributed by atoms with Crippen LogP contribution in [0.25, 0.3) is 10.9 Å². The third kappa shape index (κ3) is 4.74. The monoisotopic (exact) mass is 519 g/mol. The van der Waals surface area contributed by atoms with Crippen molar-refractivity contribution in [3.63, 3.8) is 0 Å². The van der Waals surface area contributed by atoms with Crippen molar-refractivity contribution in [2.45, 2.75) is 31.5 Å². The van der Waals surface area contributed by atoms with E-state index in [9.17, 15) is 9.18 Å². The van der Waals surface area contributed by atoms with E-state index in [2.05, 4.69) is 25.4 Å². The number of ether oxygens (including phenoxy) is 2. The van der Waals surface area contributed by atoms with Crippen LogP contribution in [-0.2, 0) is 11.3 Å². The van der Waals surface area contributed by atoms with Crippen LogP contribution >= 0.6 is 0 Å². The molecule has 11 heteroatoms. The Hall–Kier alpha value is -3.83. The zero-order valence-electron chi connectivity index (χ0n) is 21.2. The average Bonchev–Trinajstić information content (AvgIpc) is 3.62. The van der Waals surface area contributed by atoms with Gasteiger partial charge in [0.25, 0.3) is 5.56 Å². The molecule has 2 aliphatic rings. The molecule has 0 bridgehead atoms. The maximum Gasteiger partial charge on any atom is 0.253 e. The lowest BCUT2D eigenvalue weighted by molar-refractivity contribution is 0.0906. The van der Waals surface area contributed by atoms with Gasteiger partial charge in [-0.15, -0.1) is 5.10 Å². The van der Waals surface area contributed by atoms with Crippen LogP contribution in [0.4, 0.5) is 10.1 Å². The fourth-order valence-corrected chi connectivity index (χ4v) is 5.47. The number of hydrogen-bond acceptors (Lipinski definition) is 8. The van der Waals surface area contributed by atoms with Crippen LogP contribution < -0.4 is 15.2 Å². The fraction of sp³-hybridized carbons (Fsp3) is 0.407. The number of pyridine rings is 1. The molecule has 2 aliphatic heterocycles. The maximum absolute atomic E-state index is 14.5. The molecule has 2 fully saturated rings. The van der Waals surface area contributed by atoms with Gasteiger partial charge < -0.3 is 19.4 Å². The Morgan fingerprint density at radius 2 is 2.00 bits per heavy atom. The first-order chi connectivity index (χ1) is 18.6. The van der Waals surface area contributed by atoms with Crippen LogP contribution in [0, 0.1) is 5.82 Å². The van der Waals surface area contributed by atoms with Crippen LogP contribution in [0.15, 0.2) is 53.3 Å². The highest BCUT2D eigenvalue weighted by Gasteiger charge is 2.34. The van der Waals surface area contributed by atoms with Crippen molar-refractivity contribution < 1.29 is 13.9 Å². The topological polar surface area (TPSA) is 101 Å². The lowest BCUT2D eigenvalue weighted by Crippen LogP contribution is -2.49. The molecule has 38 heavy (non-hydrogen) atoms. The van der Waals surface area contributed by atoms with Gasteiger partial charge in [0.05, 0.1) is 31.0 Å². The van der Waals surface area contributed by atoms with E-state index in [1.165, 1.54) is 6.07 Å². The van der Waals surface area contributed by atoms with Crippen molar-refractivity contribution in [3.05, 3.63) is 76.1 Å². The SMILES string of the molecule is COc1ccc2cc([C@H](c3nnnn3C[C@@H]3CCCO3)N3CCN(c4ccccc4F)CC3)c(=O)[nH]c2c1. The molecule has 198 valence electrons. The summed E-state index contributed by atoms with van der Waals surface area (Å²) >= 11 is 0. The van der Waals surface area contributed by atoms with Crippen molar-refractivity contribution in [3.8, 4) is 5.75 Å². The highest BCUT2D eigenvalue weighted by Crippen LogP contribution is 2.30. The Morgan fingerprint density at radius 3 is 2.76 bits per heavy atom. The summed E-state index contributed by atoms with van der Waals surface area (Å²) in [5.74, 6) is 1.03. The van der Waals surface area contributed by atoms with Gasteiger partial charge in [0.15, 0.2) is 5.82 Å². The van der Waals surface area contributed by atoms with Crippen molar-refractivity contribution >= 4 is 16.6 Å². The summed E-state index contributed by atoms with van der Waals surface area (Å²) in [4.78, 5) is 20.8. The smallest absolute Gasteiger partial charge is 0.253 e. The zero-order valence-corrected chi connectivity index (χ0v) is 21.2. The van der Waals surface area contributed by atoms with Crippen LogP contribution in [-0.4, -0.2) is 76.1 Å². The molecular formula is C27H30FN7O3. The predicted octanol–water partition coefficient (Wildman–Crippen LogP) is 2.75. The molecule has 0 radical (unpaired) electrons. The summed E-state index contributed by atoms with van der Waals surface area (Å²) in [6.07, 6.45) is 2.00. The molecule has 0 unspecified atom stereocenters. The molecular weight excluding hydrogens is 489 g/mol. The standard InChI is InChI=1S/C27H30FN7O3/c1-37-19-9-8-18-15-21(27(36)29-23(18)16-19)25(26-30-31-32-35(26)17-20-5-4-14-38-20)34-12-10-33(11-13-34)24-7-3-2-6-22(24)28/h2-3,6-9,15-16,20,25H,4-5,10-14,17H2,1H3,(H,29,36)/t20-,25+/m0/s1. The molecule has 0 spiro atoms. The first-order valence-corrected chi connectivity index (χ1v) is 12.9. The third-order valence-electron chi connectivity index (χ3n) is 7.45. The van der Waals surface area contributed by atoms with Gasteiger partial charge in [-0.3, -0.25) is 9.69 Å². The lowest BCUT2D eigenvalue weighted by atomic mass is 10.0. The molecule has 4 aromatic rings. The van der Waals surface area contributed by atoms with Gasteiger partial charge in [0.1, 0.15) is 17.6 Å². The van der Waals surface area contributed by atoms with Crippen LogP contribution in [0.2, 0.25) is 0 Å². The number of fused-ring (bicyclic) bond motifs is 1. The number of hydrogen-bond donors (Lipinski definition) is 1. The zero-order chi connectivity index (χ0) is 26.1. The van der Waals surface area contributed by atoms with Gasteiger partial charge in [-0.1, -0.05) is 12.1 Å². The molecule has 6 rings (SSSR count). The Balaban J connectivity index is 1.37. The van der Waals surface area contributed by atoms with E-state index >= 15 is 0 Å². The second-order valence-electron chi connectivity index (χ2n) is 9.74. The number of aromatic nitrogens is 5. The van der Waals surface area contributed by atoms with Crippen molar-refractivity contribution in [2.75, 3.05) is 44.8 Å². The Kier molecular flexibility index (Phi) is 6.77. The minimum atomic E-state index is -0.482. The number of methoxy groups -OCH3 is 1. The number of halogens is 1. The molecule has 2 atom stereocenters. The van der Waals surface area contributed by atoms with Gasteiger partial charge in [0, 0.05) is 44.4 Å². The predicted molar refractivity (Wildman–Crippen MR) is 140 cm³/mol. The molecule has 2 aromatic carbocycles. The third-order valence-corrected chi connectivity index (χ3v) is 7.45. The van der Waals surface area contributed by atoms with E-state index in [0.29, 0.717) is 61.1 Å². The van der Waals surface area contributed by atoms with Gasteiger partial charge in [-0.2, -0.15) is 0 Å². The van der Waals surface area contributed by atoms with Crippen molar-refractivity contribution in [2.24, 2.45) is 0 Å². The number of anilines is 1. The molecule has 2 aromatic heterocycles. The molecule has 4 heterocycles. The molecule has 0 amide bonds. The fourth-order valence-electron chi connectivity index (χ4n) is 5.47. The van der Waals surface area contributed by atoms with E-state index in [-0.39, 0.29) is 17.5 Å². The molecule has 10 nitrogen and oxygen atoms in total. The van der Waals surface area contributed by atoms with Gasteiger partial charge in [0.2, 0.25) is 0 Å². The summed E-state index contributed by atoms with van der Waals surface area (Å²) in [6, 6.07) is 13.8. The number of benzene rings is 2. The molecule has 0 saturated carbocycles. The quantitative estimate of drug-likeness (QED) is 0.398. The van der Waals surface area contributed by atoms with Crippen LogP contribution in [0.3, 0.4) is 0 Å². The van der Waals surface area contributed by atoms with Crippen molar-refractivity contribution in [1.82, 2.24) is 30.1 Å². The molecule has 0 aliphatic carbocycles. The van der Waals surface area contributed by atoms with Crippen LogP contribution in [0.5, 0.6) is 5.75 Å². The summed E-state index contributed by atoms with van der Waals surface area (Å²) in [6.45, 7) is 3.67. The molecule has 2 saturated heterocycles. The largest absolute Gasteiger partial charge is 0.497 e. The highest BCUT2D eigenvalue weighted by atomic mass is 19.1. The van der Waals surface area contributed by atoms with Crippen LogP contribution in [0.1, 0.15) is 30.3 Å². The van der Waals surface area contributed by atoms with Gasteiger partial charge >= 0.3 is 0 Å². The number of nitrogens with zero attached hydrogens (tertiary/aromatic N) is 6. The van der Waals surface area contributed by atoms with E-state index < -0.39 is 6.04 Å². The minimum Gasteiger partial charge on any atom is -0.497 e. The number of para-hydroxylation sites is 1. The Bertz CT molecular complexity index is 1480. The number of piperazine rings is 1. The first kappa shape index (κ1) is 24.5. The van der Waals surface area contributed by atoms with Gasteiger partial charge in [-0.05, 0) is 59.0 Å². The van der Waals surface area contributed by atoms with E-state index in [1.807, 2.05) is 35.2 Å². The van der Waals surface area contributed by atoms with Crippen molar-refractivity contribution in [1.29, 1.82) is 0 Å². The van der Waals surface area contributed by atoms with E-state index in [4.69, 9.17) is 9.47 Å². The number of H-pyrrole nitrogens is 1. The highest BCUT2D eigenvalue weighted by molar-refractivity contribution is 5.80. The summed E-state index contributed by atoms with van der Waals surface area (Å²) in [5.41, 5.74) is 1.63. The maximum atomic E-state index is 14.5.